The number of hydrogen-bond donors (Lipinski definition) is 0. The second-order valence-electron chi connectivity index (χ2n) is 6.42. The number of nitrogens with zero attached hydrogens (tertiary/aromatic N) is 1. The van der Waals surface area contributed by atoms with Crippen molar-refractivity contribution in [3.8, 4) is 0 Å². The average molecular weight is 312 g/mol. The van der Waals surface area contributed by atoms with E-state index in [1.807, 2.05) is 0 Å². The van der Waals surface area contributed by atoms with Crippen LogP contribution in [0.1, 0.15) is 71.1 Å². The molecule has 0 spiro atoms. The van der Waals surface area contributed by atoms with Crippen molar-refractivity contribution in [2.45, 2.75) is 71.1 Å². The molecule has 0 aliphatic carbocycles. The van der Waals surface area contributed by atoms with E-state index in [-0.39, 0.29) is 0 Å². The summed E-state index contributed by atoms with van der Waals surface area (Å²) in [6.07, 6.45) is 13.3. The van der Waals surface area contributed by atoms with Gasteiger partial charge in [0.05, 0.1) is 19.0 Å². The summed E-state index contributed by atoms with van der Waals surface area (Å²) in [6, 6.07) is 0. The third-order valence-corrected chi connectivity index (χ3v) is 4.38. The molecule has 130 valence electrons. The fourth-order valence-corrected chi connectivity index (χ4v) is 2.85. The molecule has 0 N–H and O–H groups in total. The SMILES string of the molecule is C=C(CCCCCCCCCCC)OCCN1CCOCC1. The zero-order chi connectivity index (χ0) is 15.9. The molecule has 1 saturated heterocycles. The summed E-state index contributed by atoms with van der Waals surface area (Å²) in [6.45, 7) is 11.9. The third-order valence-electron chi connectivity index (χ3n) is 4.38. The van der Waals surface area contributed by atoms with Crippen molar-refractivity contribution in [3.05, 3.63) is 12.3 Å². The van der Waals surface area contributed by atoms with Crippen LogP contribution in [0.3, 0.4) is 0 Å². The normalized spacial score (nSPS) is 15.9. The van der Waals surface area contributed by atoms with Gasteiger partial charge in [-0.3, -0.25) is 4.90 Å². The first-order chi connectivity index (χ1) is 10.8. The third kappa shape index (κ3) is 11.1. The van der Waals surface area contributed by atoms with Gasteiger partial charge in [0, 0.05) is 26.1 Å². The average Bonchev–Trinajstić information content (AvgIpc) is 2.54. The second kappa shape index (κ2) is 14.1. The van der Waals surface area contributed by atoms with Crippen LogP contribution in [0.2, 0.25) is 0 Å². The highest BCUT2D eigenvalue weighted by atomic mass is 16.5. The summed E-state index contributed by atoms with van der Waals surface area (Å²) in [7, 11) is 0. The van der Waals surface area contributed by atoms with Crippen LogP contribution < -0.4 is 0 Å². The summed E-state index contributed by atoms with van der Waals surface area (Å²) in [4.78, 5) is 2.40. The number of rotatable bonds is 14. The summed E-state index contributed by atoms with van der Waals surface area (Å²) in [5.74, 6) is 0.969. The van der Waals surface area contributed by atoms with Crippen molar-refractivity contribution in [1.29, 1.82) is 0 Å². The minimum absolute atomic E-state index is 0.774. The van der Waals surface area contributed by atoms with E-state index in [0.717, 1.165) is 51.6 Å². The number of allylic oxidation sites excluding steroid dienone is 1. The lowest BCUT2D eigenvalue weighted by molar-refractivity contribution is 0.0271. The molecule has 0 atom stereocenters. The smallest absolute Gasteiger partial charge is 0.100 e. The maximum Gasteiger partial charge on any atom is 0.100 e. The van der Waals surface area contributed by atoms with E-state index in [1.165, 1.54) is 57.8 Å². The van der Waals surface area contributed by atoms with E-state index in [0.29, 0.717) is 0 Å². The van der Waals surface area contributed by atoms with E-state index in [2.05, 4.69) is 18.4 Å². The topological polar surface area (TPSA) is 21.7 Å². The lowest BCUT2D eigenvalue weighted by atomic mass is 10.1. The van der Waals surface area contributed by atoms with Gasteiger partial charge in [0.25, 0.3) is 0 Å². The van der Waals surface area contributed by atoms with Crippen LogP contribution in [0, 0.1) is 0 Å². The van der Waals surface area contributed by atoms with Crippen molar-refractivity contribution < 1.29 is 9.47 Å². The fourth-order valence-electron chi connectivity index (χ4n) is 2.85. The molecule has 0 bridgehead atoms. The lowest BCUT2D eigenvalue weighted by Crippen LogP contribution is -2.38. The van der Waals surface area contributed by atoms with Gasteiger partial charge in [-0.25, -0.2) is 0 Å². The molecule has 1 aliphatic heterocycles. The highest BCUT2D eigenvalue weighted by molar-refractivity contribution is 4.82. The van der Waals surface area contributed by atoms with E-state index < -0.39 is 0 Å². The summed E-state index contributed by atoms with van der Waals surface area (Å²) in [5.41, 5.74) is 0. The number of unbranched alkanes of at least 4 members (excludes halogenated alkanes) is 8. The predicted molar refractivity (Wildman–Crippen MR) is 94.2 cm³/mol. The maximum atomic E-state index is 5.74. The molecule has 3 heteroatoms. The van der Waals surface area contributed by atoms with Crippen LogP contribution in [0.4, 0.5) is 0 Å². The van der Waals surface area contributed by atoms with Gasteiger partial charge in [-0.05, 0) is 6.42 Å². The van der Waals surface area contributed by atoms with Crippen molar-refractivity contribution in [2.75, 3.05) is 39.5 Å². The Bertz CT molecular complexity index is 262. The highest BCUT2D eigenvalue weighted by Gasteiger charge is 2.09. The molecular weight excluding hydrogens is 274 g/mol. The quantitative estimate of drug-likeness (QED) is 0.341. The minimum Gasteiger partial charge on any atom is -0.497 e. The molecule has 0 amide bonds. The Morgan fingerprint density at radius 2 is 1.55 bits per heavy atom. The molecule has 0 unspecified atom stereocenters. The molecule has 0 aromatic rings. The largest absolute Gasteiger partial charge is 0.497 e. The lowest BCUT2D eigenvalue weighted by Gasteiger charge is -2.26. The molecule has 22 heavy (non-hydrogen) atoms. The Balaban J connectivity index is 1.81. The molecule has 1 heterocycles. The Morgan fingerprint density at radius 3 is 2.18 bits per heavy atom. The zero-order valence-corrected chi connectivity index (χ0v) is 14.8. The van der Waals surface area contributed by atoms with Crippen LogP contribution in [0.5, 0.6) is 0 Å². The molecule has 1 fully saturated rings. The van der Waals surface area contributed by atoms with E-state index in [4.69, 9.17) is 9.47 Å². The Morgan fingerprint density at radius 1 is 0.955 bits per heavy atom. The Hall–Kier alpha value is -0.540. The second-order valence-corrected chi connectivity index (χ2v) is 6.42. The van der Waals surface area contributed by atoms with Crippen LogP contribution in [0.25, 0.3) is 0 Å². The van der Waals surface area contributed by atoms with E-state index in [1.54, 1.807) is 0 Å². The van der Waals surface area contributed by atoms with Crippen molar-refractivity contribution in [3.63, 3.8) is 0 Å². The first kappa shape index (κ1) is 19.5. The molecule has 3 nitrogen and oxygen atoms in total. The van der Waals surface area contributed by atoms with E-state index >= 15 is 0 Å². The highest BCUT2D eigenvalue weighted by Crippen LogP contribution is 2.13. The molecule has 0 aromatic carbocycles. The Kier molecular flexibility index (Phi) is 12.5. The van der Waals surface area contributed by atoms with Gasteiger partial charge in [-0.15, -0.1) is 0 Å². The molecular formula is C19H37NO2. The van der Waals surface area contributed by atoms with Gasteiger partial charge in [-0.2, -0.15) is 0 Å². The molecule has 1 aliphatic rings. The van der Waals surface area contributed by atoms with Crippen LogP contribution in [-0.4, -0.2) is 44.4 Å². The monoisotopic (exact) mass is 311 g/mol. The van der Waals surface area contributed by atoms with Gasteiger partial charge in [-0.1, -0.05) is 64.9 Å². The number of ether oxygens (including phenoxy) is 2. The van der Waals surface area contributed by atoms with Crippen molar-refractivity contribution in [1.82, 2.24) is 4.90 Å². The van der Waals surface area contributed by atoms with E-state index in [9.17, 15) is 0 Å². The van der Waals surface area contributed by atoms with Gasteiger partial charge >= 0.3 is 0 Å². The van der Waals surface area contributed by atoms with Crippen LogP contribution in [-0.2, 0) is 9.47 Å². The number of morpholine rings is 1. The summed E-state index contributed by atoms with van der Waals surface area (Å²) in [5, 5.41) is 0. The first-order valence-electron chi connectivity index (χ1n) is 9.43. The summed E-state index contributed by atoms with van der Waals surface area (Å²) < 4.78 is 11.1. The van der Waals surface area contributed by atoms with Gasteiger partial charge in [0.2, 0.25) is 0 Å². The zero-order valence-electron chi connectivity index (χ0n) is 14.8. The molecule has 0 saturated carbocycles. The van der Waals surface area contributed by atoms with Gasteiger partial charge < -0.3 is 9.47 Å². The van der Waals surface area contributed by atoms with Crippen molar-refractivity contribution in [2.24, 2.45) is 0 Å². The fraction of sp³-hybridized carbons (Fsp3) is 0.895. The minimum atomic E-state index is 0.774. The standard InChI is InChI=1S/C19H37NO2/c1-3-4-5-6-7-8-9-10-11-12-19(2)22-18-15-20-13-16-21-17-14-20/h2-18H2,1H3. The number of hydrogen-bond acceptors (Lipinski definition) is 3. The van der Waals surface area contributed by atoms with Crippen LogP contribution in [0.15, 0.2) is 12.3 Å². The first-order valence-corrected chi connectivity index (χ1v) is 9.43. The van der Waals surface area contributed by atoms with Crippen LogP contribution >= 0.6 is 0 Å². The summed E-state index contributed by atoms with van der Waals surface area (Å²) >= 11 is 0. The van der Waals surface area contributed by atoms with Crippen molar-refractivity contribution >= 4 is 0 Å². The van der Waals surface area contributed by atoms with Gasteiger partial charge in [0.15, 0.2) is 0 Å². The van der Waals surface area contributed by atoms with Gasteiger partial charge in [0.1, 0.15) is 6.61 Å². The Labute approximate surface area is 138 Å². The molecule has 1 rings (SSSR count). The molecule has 0 aromatic heterocycles. The predicted octanol–water partition coefficient (Wildman–Crippen LogP) is 4.77. The maximum absolute atomic E-state index is 5.74. The molecule has 0 radical (unpaired) electrons.